The molecule has 0 N–H and O–H groups in total. The van der Waals surface area contributed by atoms with Gasteiger partial charge in [0.25, 0.3) is 0 Å². The summed E-state index contributed by atoms with van der Waals surface area (Å²) in [5.74, 6) is 0. The molecule has 0 unspecified atom stereocenters. The molecule has 0 fully saturated rings. The molecule has 1 aromatic carbocycles. The maximum atomic E-state index is 4.01. The zero-order valence-corrected chi connectivity index (χ0v) is 13.0. The minimum atomic E-state index is 1.04. The highest BCUT2D eigenvalue weighted by Gasteiger charge is 2.10. The Morgan fingerprint density at radius 3 is 2.70 bits per heavy atom. The molecule has 104 valence electrons. The van der Waals surface area contributed by atoms with E-state index in [-0.39, 0.29) is 0 Å². The Bertz CT molecular complexity index is 589. The van der Waals surface area contributed by atoms with Crippen molar-refractivity contribution in [3.05, 3.63) is 71.6 Å². The van der Waals surface area contributed by atoms with Crippen LogP contribution in [-0.4, -0.2) is 0 Å². The van der Waals surface area contributed by atoms with Crippen molar-refractivity contribution in [2.45, 2.75) is 32.6 Å². The second kappa shape index (κ2) is 7.25. The molecule has 2 aromatic rings. The fourth-order valence-corrected chi connectivity index (χ4v) is 3.35. The van der Waals surface area contributed by atoms with Crippen LogP contribution in [0.3, 0.4) is 0 Å². The van der Waals surface area contributed by atoms with E-state index >= 15 is 0 Å². The van der Waals surface area contributed by atoms with Gasteiger partial charge >= 0.3 is 0 Å². The molecule has 1 heteroatoms. The molecule has 0 aliphatic carbocycles. The van der Waals surface area contributed by atoms with E-state index in [9.17, 15) is 0 Å². The molecule has 0 aliphatic heterocycles. The van der Waals surface area contributed by atoms with Crippen LogP contribution in [0, 0.1) is 0 Å². The molecular weight excluding hydrogens is 260 g/mol. The number of benzene rings is 1. The van der Waals surface area contributed by atoms with Crippen molar-refractivity contribution < 1.29 is 0 Å². The van der Waals surface area contributed by atoms with Crippen molar-refractivity contribution in [3.63, 3.8) is 0 Å². The molecule has 1 aromatic heterocycles. The fourth-order valence-electron chi connectivity index (χ4n) is 2.33. The maximum Gasteiger partial charge on any atom is 0.0377 e. The molecule has 1 heterocycles. The number of hydrogen-bond acceptors (Lipinski definition) is 1. The Morgan fingerprint density at radius 2 is 1.95 bits per heavy atom. The van der Waals surface area contributed by atoms with Gasteiger partial charge in [-0.15, -0.1) is 24.5 Å². The van der Waals surface area contributed by atoms with Crippen LogP contribution in [0.25, 0.3) is 10.4 Å². The second-order valence-corrected chi connectivity index (χ2v) is 6.13. The summed E-state index contributed by atoms with van der Waals surface area (Å²) in [7, 11) is 0. The van der Waals surface area contributed by atoms with Gasteiger partial charge in [0.15, 0.2) is 0 Å². The summed E-state index contributed by atoms with van der Waals surface area (Å²) >= 11 is 1.84. The lowest BCUT2D eigenvalue weighted by atomic mass is 9.97. The lowest BCUT2D eigenvalue weighted by Gasteiger charge is -2.10. The Hall–Kier alpha value is -1.60. The summed E-state index contributed by atoms with van der Waals surface area (Å²) < 4.78 is 0. The number of allylic oxidation sites excluding steroid dienone is 2. The maximum absolute atomic E-state index is 4.01. The van der Waals surface area contributed by atoms with Crippen LogP contribution in [0.1, 0.15) is 30.9 Å². The third kappa shape index (κ3) is 3.71. The lowest BCUT2D eigenvalue weighted by Crippen LogP contribution is -1.92. The van der Waals surface area contributed by atoms with Crippen LogP contribution in [-0.2, 0) is 12.8 Å². The number of thiophene rings is 1. The third-order valence-corrected chi connectivity index (χ3v) is 4.44. The molecule has 2 rings (SSSR count). The Kier molecular flexibility index (Phi) is 5.37. The van der Waals surface area contributed by atoms with Gasteiger partial charge in [0.1, 0.15) is 0 Å². The van der Waals surface area contributed by atoms with E-state index in [1.165, 1.54) is 27.1 Å². The first kappa shape index (κ1) is 14.8. The first-order valence-electron chi connectivity index (χ1n) is 7.12. The van der Waals surface area contributed by atoms with Gasteiger partial charge in [0.2, 0.25) is 0 Å². The molecule has 20 heavy (non-hydrogen) atoms. The van der Waals surface area contributed by atoms with Gasteiger partial charge in [0.05, 0.1) is 0 Å². The van der Waals surface area contributed by atoms with Gasteiger partial charge in [-0.05, 0) is 60.7 Å². The van der Waals surface area contributed by atoms with E-state index < -0.39 is 0 Å². The summed E-state index contributed by atoms with van der Waals surface area (Å²) in [5, 5.41) is 2.20. The molecule has 0 spiro atoms. The van der Waals surface area contributed by atoms with E-state index in [1.807, 2.05) is 17.4 Å². The highest BCUT2D eigenvalue weighted by molar-refractivity contribution is 7.13. The summed E-state index contributed by atoms with van der Waals surface area (Å²) in [5.41, 5.74) is 5.51. The molecule has 0 saturated heterocycles. The highest BCUT2D eigenvalue weighted by Crippen LogP contribution is 2.33. The normalized spacial score (nSPS) is 10.4. The molecule has 0 amide bonds. The standard InChI is InChI=1S/C19H22S/c1-4-5-8-17-13-14-20-19(17)18-10-7-6-9-16(18)12-11-15(2)3/h4,6-7,9-10,13-14H,1-2,5,8,11-12H2,3H3. The predicted octanol–water partition coefficient (Wildman–Crippen LogP) is 6.04. The fraction of sp³-hybridized carbons (Fsp3) is 0.263. The van der Waals surface area contributed by atoms with Crippen LogP contribution in [0.15, 0.2) is 60.5 Å². The van der Waals surface area contributed by atoms with Crippen LogP contribution in [0.2, 0.25) is 0 Å². The Morgan fingerprint density at radius 1 is 1.15 bits per heavy atom. The minimum Gasteiger partial charge on any atom is -0.144 e. The smallest absolute Gasteiger partial charge is 0.0377 e. The van der Waals surface area contributed by atoms with Crippen LogP contribution in [0.5, 0.6) is 0 Å². The zero-order chi connectivity index (χ0) is 14.4. The average Bonchev–Trinajstić information content (AvgIpc) is 2.91. The molecule has 0 aliphatic rings. The molecule has 0 nitrogen and oxygen atoms in total. The van der Waals surface area contributed by atoms with Crippen molar-refractivity contribution in [3.8, 4) is 10.4 Å². The Balaban J connectivity index is 2.30. The molecule has 0 radical (unpaired) electrons. The van der Waals surface area contributed by atoms with Crippen LogP contribution < -0.4 is 0 Å². The van der Waals surface area contributed by atoms with Gasteiger partial charge in [-0.25, -0.2) is 0 Å². The summed E-state index contributed by atoms with van der Waals surface area (Å²) in [6.07, 6.45) is 6.25. The van der Waals surface area contributed by atoms with Crippen molar-refractivity contribution in [2.24, 2.45) is 0 Å². The van der Waals surface area contributed by atoms with E-state index in [0.29, 0.717) is 0 Å². The number of rotatable bonds is 7. The number of aryl methyl sites for hydroxylation is 2. The average molecular weight is 282 g/mol. The van der Waals surface area contributed by atoms with Crippen molar-refractivity contribution in [2.75, 3.05) is 0 Å². The predicted molar refractivity (Wildman–Crippen MR) is 91.4 cm³/mol. The van der Waals surface area contributed by atoms with Crippen molar-refractivity contribution >= 4 is 11.3 Å². The van der Waals surface area contributed by atoms with Gasteiger partial charge in [-0.1, -0.05) is 35.9 Å². The van der Waals surface area contributed by atoms with Crippen LogP contribution >= 0.6 is 11.3 Å². The largest absolute Gasteiger partial charge is 0.144 e. The molecule has 0 bridgehead atoms. The Labute approximate surface area is 126 Å². The van der Waals surface area contributed by atoms with Gasteiger partial charge < -0.3 is 0 Å². The van der Waals surface area contributed by atoms with E-state index in [1.54, 1.807) is 0 Å². The summed E-state index contributed by atoms with van der Waals surface area (Å²) in [6.45, 7) is 9.94. The highest BCUT2D eigenvalue weighted by atomic mass is 32.1. The van der Waals surface area contributed by atoms with Gasteiger partial charge in [-0.2, -0.15) is 0 Å². The van der Waals surface area contributed by atoms with E-state index in [0.717, 1.165) is 25.7 Å². The first-order chi connectivity index (χ1) is 9.72. The molecule has 0 saturated carbocycles. The van der Waals surface area contributed by atoms with Crippen molar-refractivity contribution in [1.82, 2.24) is 0 Å². The van der Waals surface area contributed by atoms with Gasteiger partial charge in [0, 0.05) is 4.88 Å². The zero-order valence-electron chi connectivity index (χ0n) is 12.2. The van der Waals surface area contributed by atoms with Crippen LogP contribution in [0.4, 0.5) is 0 Å². The van der Waals surface area contributed by atoms with Crippen molar-refractivity contribution in [1.29, 1.82) is 0 Å². The third-order valence-electron chi connectivity index (χ3n) is 3.45. The molecule has 0 atom stereocenters. The first-order valence-corrected chi connectivity index (χ1v) is 8.00. The summed E-state index contributed by atoms with van der Waals surface area (Å²) in [4.78, 5) is 1.42. The van der Waals surface area contributed by atoms with E-state index in [2.05, 4.69) is 55.8 Å². The van der Waals surface area contributed by atoms with Gasteiger partial charge in [-0.3, -0.25) is 0 Å². The van der Waals surface area contributed by atoms with E-state index in [4.69, 9.17) is 0 Å². The monoisotopic (exact) mass is 282 g/mol. The lowest BCUT2D eigenvalue weighted by molar-refractivity contribution is 0.947. The second-order valence-electron chi connectivity index (χ2n) is 5.22. The SMILES string of the molecule is C=CCCc1ccsc1-c1ccccc1CCC(=C)C. The minimum absolute atomic E-state index is 1.04. The molecular formula is C19H22S. The topological polar surface area (TPSA) is 0 Å². The summed E-state index contributed by atoms with van der Waals surface area (Å²) in [6, 6.07) is 11.0. The number of hydrogen-bond donors (Lipinski definition) is 0. The quantitative estimate of drug-likeness (QED) is 0.543.